The van der Waals surface area contributed by atoms with Gasteiger partial charge in [0.05, 0.1) is 6.54 Å². The van der Waals surface area contributed by atoms with E-state index in [-0.39, 0.29) is 25.2 Å². The van der Waals surface area contributed by atoms with Crippen molar-refractivity contribution in [1.82, 2.24) is 16.0 Å². The van der Waals surface area contributed by atoms with Gasteiger partial charge in [-0.15, -0.1) is 0 Å². The summed E-state index contributed by atoms with van der Waals surface area (Å²) in [5.74, 6) is -4.20. The Kier molecular flexibility index (Phi) is 11.9. The first kappa shape index (κ1) is 25.1. The average Bonchev–Trinajstić information content (AvgIpc) is 2.61. The van der Waals surface area contributed by atoms with Crippen LogP contribution in [0.5, 0.6) is 0 Å². The lowest BCUT2D eigenvalue weighted by Gasteiger charge is -2.15. The third-order valence-electron chi connectivity index (χ3n) is 3.70. The Morgan fingerprint density at radius 2 is 1.57 bits per heavy atom. The summed E-state index contributed by atoms with van der Waals surface area (Å²) >= 11 is 0. The van der Waals surface area contributed by atoms with Crippen LogP contribution in [-0.2, 0) is 24.0 Å². The third-order valence-corrected chi connectivity index (χ3v) is 3.70. The van der Waals surface area contributed by atoms with Crippen molar-refractivity contribution in [3.63, 3.8) is 0 Å². The Hall–Kier alpha value is -2.91. The lowest BCUT2D eigenvalue weighted by atomic mass is 10.1. The number of carbonyl (C=O) groups is 5. The maximum atomic E-state index is 11.9. The van der Waals surface area contributed by atoms with Gasteiger partial charge in [0, 0.05) is 12.8 Å². The van der Waals surface area contributed by atoms with Gasteiger partial charge < -0.3 is 26.2 Å². The van der Waals surface area contributed by atoms with Crippen molar-refractivity contribution >= 4 is 29.7 Å². The molecule has 0 saturated carbocycles. The minimum Gasteiger partial charge on any atom is -0.480 e. The van der Waals surface area contributed by atoms with Crippen LogP contribution in [0.4, 0.5) is 0 Å². The van der Waals surface area contributed by atoms with Crippen molar-refractivity contribution in [3.05, 3.63) is 12.2 Å². The Labute approximate surface area is 163 Å². The number of amides is 3. The molecule has 0 rings (SSSR count). The van der Waals surface area contributed by atoms with Crippen LogP contribution in [0.25, 0.3) is 0 Å². The van der Waals surface area contributed by atoms with Gasteiger partial charge in [-0.2, -0.15) is 0 Å². The molecule has 0 saturated heterocycles. The van der Waals surface area contributed by atoms with Crippen LogP contribution in [-0.4, -0.2) is 58.5 Å². The number of rotatable bonds is 13. The monoisotopic (exact) mass is 399 g/mol. The van der Waals surface area contributed by atoms with Gasteiger partial charge >= 0.3 is 11.9 Å². The maximum absolute atomic E-state index is 11.9. The number of nitrogens with one attached hydrogen (secondary N) is 3. The Balaban J connectivity index is 4.37. The van der Waals surface area contributed by atoms with Gasteiger partial charge in [-0.25, -0.2) is 4.79 Å². The van der Waals surface area contributed by atoms with Crippen LogP contribution in [0.2, 0.25) is 0 Å². The largest absolute Gasteiger partial charge is 0.480 e. The second-order valence-corrected chi connectivity index (χ2v) is 6.42. The first-order chi connectivity index (χ1) is 13.1. The minimum atomic E-state index is -1.26. The van der Waals surface area contributed by atoms with Crippen molar-refractivity contribution in [2.24, 2.45) is 5.92 Å². The molecule has 0 aromatic heterocycles. The molecule has 158 valence electrons. The Morgan fingerprint density at radius 3 is 2.11 bits per heavy atom. The molecule has 0 radical (unpaired) electrons. The zero-order chi connectivity index (χ0) is 21.7. The second-order valence-electron chi connectivity index (χ2n) is 6.42. The van der Waals surface area contributed by atoms with Gasteiger partial charge in [-0.3, -0.25) is 19.2 Å². The van der Waals surface area contributed by atoms with E-state index in [1.165, 1.54) is 6.92 Å². The number of hydrogen-bond donors (Lipinski definition) is 5. The van der Waals surface area contributed by atoms with Gasteiger partial charge in [-0.05, 0) is 25.7 Å². The molecule has 0 heterocycles. The van der Waals surface area contributed by atoms with E-state index >= 15 is 0 Å². The van der Waals surface area contributed by atoms with Crippen molar-refractivity contribution < 1.29 is 34.2 Å². The maximum Gasteiger partial charge on any atom is 0.326 e. The fourth-order valence-electron chi connectivity index (χ4n) is 2.14. The quantitative estimate of drug-likeness (QED) is 0.273. The fraction of sp³-hybridized carbons (Fsp3) is 0.611. The van der Waals surface area contributed by atoms with E-state index in [9.17, 15) is 29.1 Å². The summed E-state index contributed by atoms with van der Waals surface area (Å²) < 4.78 is 0. The van der Waals surface area contributed by atoms with Crippen molar-refractivity contribution in [2.75, 3.05) is 6.54 Å². The van der Waals surface area contributed by atoms with Gasteiger partial charge in [0.25, 0.3) is 0 Å². The van der Waals surface area contributed by atoms with Gasteiger partial charge in [-0.1, -0.05) is 26.0 Å². The molecule has 10 nitrogen and oxygen atoms in total. The van der Waals surface area contributed by atoms with Crippen LogP contribution in [0.3, 0.4) is 0 Å². The van der Waals surface area contributed by atoms with E-state index in [1.54, 1.807) is 0 Å². The number of carboxylic acids is 2. The summed E-state index contributed by atoms with van der Waals surface area (Å²) in [5, 5.41) is 24.7. The fourth-order valence-corrected chi connectivity index (χ4v) is 2.14. The highest BCUT2D eigenvalue weighted by molar-refractivity contribution is 5.88. The molecule has 3 amide bonds. The molecule has 0 aliphatic rings. The molecule has 5 N–H and O–H groups in total. The third kappa shape index (κ3) is 11.7. The topological polar surface area (TPSA) is 162 Å². The van der Waals surface area contributed by atoms with Crippen LogP contribution in [0.1, 0.15) is 46.5 Å². The van der Waals surface area contributed by atoms with Gasteiger partial charge in [0.2, 0.25) is 17.7 Å². The highest BCUT2D eigenvalue weighted by Crippen LogP contribution is 2.06. The molecule has 0 aromatic rings. The Morgan fingerprint density at radius 1 is 0.929 bits per heavy atom. The summed E-state index contributed by atoms with van der Waals surface area (Å²) in [6, 6.07) is -2.31. The first-order valence-electron chi connectivity index (χ1n) is 9.04. The first-order valence-corrected chi connectivity index (χ1v) is 9.04. The van der Waals surface area contributed by atoms with Crippen molar-refractivity contribution in [1.29, 1.82) is 0 Å². The molecular weight excluding hydrogens is 370 g/mol. The summed E-state index contributed by atoms with van der Waals surface area (Å²) in [6.07, 6.45) is 4.41. The molecule has 10 heteroatoms. The molecule has 0 aromatic carbocycles. The molecule has 0 aliphatic heterocycles. The predicted octanol–water partition coefficient (Wildman–Crippen LogP) is 0.0339. The number of carboxylic acid groups (broad SMARTS) is 2. The van der Waals surface area contributed by atoms with E-state index in [0.717, 1.165) is 6.42 Å². The zero-order valence-corrected chi connectivity index (χ0v) is 16.4. The van der Waals surface area contributed by atoms with E-state index in [4.69, 9.17) is 5.11 Å². The predicted molar refractivity (Wildman–Crippen MR) is 100 cm³/mol. The van der Waals surface area contributed by atoms with E-state index < -0.39 is 48.3 Å². The van der Waals surface area contributed by atoms with Gasteiger partial charge in [0.15, 0.2) is 0 Å². The summed E-state index contributed by atoms with van der Waals surface area (Å²) in [6.45, 7) is 4.65. The van der Waals surface area contributed by atoms with Crippen LogP contribution >= 0.6 is 0 Å². The molecule has 0 fully saturated rings. The number of allylic oxidation sites excluding steroid dienone is 2. The number of hydrogen-bond acceptors (Lipinski definition) is 5. The minimum absolute atomic E-state index is 0.0376. The normalized spacial score (nSPS) is 14.0. The molecule has 0 spiro atoms. The molecular formula is C18H29N3O7. The highest BCUT2D eigenvalue weighted by Gasteiger charge is 2.22. The molecule has 0 bridgehead atoms. The second kappa shape index (κ2) is 13.3. The summed E-state index contributed by atoms with van der Waals surface area (Å²) in [7, 11) is 0. The standard InChI is InChI=1S/C18H29N3O7/c1-4-5-6-11(2)9-15(23)21-13(18(27)28)7-8-14(22)19-10-16(24)20-12(3)17(25)26/h5-6,11-13H,4,7-10H2,1-3H3,(H,19,22)(H,20,24)(H,21,23)(H,25,26)(H,27,28)/t11-,12+,13+/m0/s1. The molecule has 0 unspecified atom stereocenters. The summed E-state index contributed by atoms with van der Waals surface area (Å²) in [4.78, 5) is 57.1. The SMILES string of the molecule is CCC=C[C@H](C)CC(=O)N[C@H](CCC(=O)NCC(=O)N[C@H](C)C(=O)O)C(=O)O. The van der Waals surface area contributed by atoms with Crippen LogP contribution in [0.15, 0.2) is 12.2 Å². The molecule has 28 heavy (non-hydrogen) atoms. The Bertz CT molecular complexity index is 604. The lowest BCUT2D eigenvalue weighted by Crippen LogP contribution is -2.44. The smallest absolute Gasteiger partial charge is 0.326 e. The van der Waals surface area contributed by atoms with Crippen molar-refractivity contribution in [2.45, 2.75) is 58.5 Å². The molecule has 0 aliphatic carbocycles. The zero-order valence-electron chi connectivity index (χ0n) is 16.4. The van der Waals surface area contributed by atoms with E-state index in [0.29, 0.717) is 0 Å². The van der Waals surface area contributed by atoms with Gasteiger partial charge in [0.1, 0.15) is 12.1 Å². The highest BCUT2D eigenvalue weighted by atomic mass is 16.4. The number of aliphatic carboxylic acids is 2. The van der Waals surface area contributed by atoms with E-state index in [1.807, 2.05) is 26.0 Å². The molecule has 3 atom stereocenters. The lowest BCUT2D eigenvalue weighted by molar-refractivity contribution is -0.142. The van der Waals surface area contributed by atoms with Crippen LogP contribution < -0.4 is 16.0 Å². The summed E-state index contributed by atoms with van der Waals surface area (Å²) in [5.41, 5.74) is 0. The van der Waals surface area contributed by atoms with Crippen molar-refractivity contribution in [3.8, 4) is 0 Å². The van der Waals surface area contributed by atoms with E-state index in [2.05, 4.69) is 16.0 Å². The number of carbonyl (C=O) groups excluding carboxylic acids is 3. The van der Waals surface area contributed by atoms with Crippen LogP contribution in [0, 0.1) is 5.92 Å². The average molecular weight is 399 g/mol.